The van der Waals surface area contributed by atoms with Gasteiger partial charge in [0, 0.05) is 27.5 Å². The molecular formula is C21H19IO5. The highest BCUT2D eigenvalue weighted by atomic mass is 127. The Morgan fingerprint density at radius 1 is 0.815 bits per heavy atom. The van der Waals surface area contributed by atoms with E-state index in [1.807, 2.05) is 54.6 Å². The monoisotopic (exact) mass is 478 g/mol. The third-order valence-electron chi connectivity index (χ3n) is 4.40. The molecule has 1 spiro atoms. The van der Waals surface area contributed by atoms with Crippen LogP contribution in [0.2, 0.25) is 0 Å². The summed E-state index contributed by atoms with van der Waals surface area (Å²) in [6.07, 6.45) is 3.00. The average Bonchev–Trinajstić information content (AvgIpc) is 3.09. The average molecular weight is 478 g/mol. The maximum Gasteiger partial charge on any atom is 0.320 e. The minimum atomic E-state index is -0.883. The van der Waals surface area contributed by atoms with Gasteiger partial charge in [-0.15, -0.1) is 0 Å². The van der Waals surface area contributed by atoms with E-state index in [0.29, 0.717) is 12.8 Å². The standard InChI is InChI=1S/C13H9IO.C8H10O4/c14-12-8-6-11(7-9-12)13(15)10-4-2-1-3-5-10;9-6-5-7(10)12-8(11-6)3-1-2-4-8/h1-9H;1-5H2. The Bertz CT molecular complexity index is 805. The van der Waals surface area contributed by atoms with Crippen LogP contribution in [0.15, 0.2) is 54.6 Å². The number of ether oxygens (including phenoxy) is 2. The first-order valence-electron chi connectivity index (χ1n) is 8.76. The number of halogens is 1. The topological polar surface area (TPSA) is 69.7 Å². The molecule has 140 valence electrons. The lowest BCUT2D eigenvalue weighted by Gasteiger charge is -2.31. The Balaban J connectivity index is 0.000000159. The normalized spacial score (nSPS) is 17.5. The Hall–Kier alpha value is -2.22. The molecule has 1 aliphatic heterocycles. The van der Waals surface area contributed by atoms with Crippen molar-refractivity contribution in [3.8, 4) is 0 Å². The number of ketones is 1. The molecule has 1 heterocycles. The van der Waals surface area contributed by atoms with E-state index in [0.717, 1.165) is 27.5 Å². The van der Waals surface area contributed by atoms with Crippen LogP contribution in [-0.4, -0.2) is 23.5 Å². The molecular weight excluding hydrogens is 459 g/mol. The molecule has 6 heteroatoms. The Labute approximate surface area is 171 Å². The van der Waals surface area contributed by atoms with E-state index in [9.17, 15) is 14.4 Å². The molecule has 1 saturated heterocycles. The molecule has 0 bridgehead atoms. The molecule has 0 unspecified atom stereocenters. The molecule has 27 heavy (non-hydrogen) atoms. The zero-order valence-corrected chi connectivity index (χ0v) is 16.8. The number of hydrogen-bond donors (Lipinski definition) is 0. The van der Waals surface area contributed by atoms with E-state index in [1.165, 1.54) is 0 Å². The van der Waals surface area contributed by atoms with Crippen molar-refractivity contribution in [2.24, 2.45) is 0 Å². The third-order valence-corrected chi connectivity index (χ3v) is 5.12. The summed E-state index contributed by atoms with van der Waals surface area (Å²) in [7, 11) is 0. The van der Waals surface area contributed by atoms with Crippen LogP contribution in [0.4, 0.5) is 0 Å². The van der Waals surface area contributed by atoms with Gasteiger partial charge in [-0.2, -0.15) is 0 Å². The molecule has 1 aliphatic carbocycles. The first-order chi connectivity index (χ1) is 13.0. The van der Waals surface area contributed by atoms with Crippen molar-refractivity contribution in [1.82, 2.24) is 0 Å². The Kier molecular flexibility index (Phi) is 6.26. The summed E-state index contributed by atoms with van der Waals surface area (Å²) in [5, 5.41) is 0. The second kappa shape index (κ2) is 8.65. The van der Waals surface area contributed by atoms with Gasteiger partial charge in [-0.1, -0.05) is 30.3 Å². The van der Waals surface area contributed by atoms with Crippen LogP contribution in [0.1, 0.15) is 48.0 Å². The minimum Gasteiger partial charge on any atom is -0.422 e. The van der Waals surface area contributed by atoms with Gasteiger partial charge in [0.1, 0.15) is 6.42 Å². The van der Waals surface area contributed by atoms with Crippen LogP contribution >= 0.6 is 22.6 Å². The summed E-state index contributed by atoms with van der Waals surface area (Å²) in [4.78, 5) is 33.8. The van der Waals surface area contributed by atoms with Crippen molar-refractivity contribution in [2.45, 2.75) is 37.9 Å². The van der Waals surface area contributed by atoms with Crippen molar-refractivity contribution in [3.63, 3.8) is 0 Å². The van der Waals surface area contributed by atoms with Gasteiger partial charge in [-0.25, -0.2) is 0 Å². The molecule has 0 radical (unpaired) electrons. The van der Waals surface area contributed by atoms with Crippen LogP contribution in [-0.2, 0) is 19.1 Å². The lowest BCUT2D eigenvalue weighted by molar-refractivity contribution is -0.241. The molecule has 0 N–H and O–H groups in total. The van der Waals surface area contributed by atoms with Crippen molar-refractivity contribution in [2.75, 3.05) is 0 Å². The van der Waals surface area contributed by atoms with Gasteiger partial charge in [0.05, 0.1) is 0 Å². The first-order valence-corrected chi connectivity index (χ1v) is 9.84. The number of hydrogen-bond acceptors (Lipinski definition) is 5. The predicted octanol–water partition coefficient (Wildman–Crippen LogP) is 4.27. The van der Waals surface area contributed by atoms with E-state index >= 15 is 0 Å². The lowest BCUT2D eigenvalue weighted by atomic mass is 10.0. The fourth-order valence-corrected chi connectivity index (χ4v) is 3.46. The highest BCUT2D eigenvalue weighted by Crippen LogP contribution is 2.37. The van der Waals surface area contributed by atoms with Gasteiger partial charge >= 0.3 is 11.9 Å². The van der Waals surface area contributed by atoms with Crippen LogP contribution < -0.4 is 0 Å². The maximum absolute atomic E-state index is 12.0. The van der Waals surface area contributed by atoms with Crippen LogP contribution in [0.3, 0.4) is 0 Å². The quantitative estimate of drug-likeness (QED) is 0.279. The van der Waals surface area contributed by atoms with Gasteiger partial charge in [0.2, 0.25) is 0 Å². The van der Waals surface area contributed by atoms with Gasteiger partial charge in [-0.3, -0.25) is 14.4 Å². The maximum atomic E-state index is 12.0. The number of carbonyl (C=O) groups is 3. The highest BCUT2D eigenvalue weighted by molar-refractivity contribution is 14.1. The molecule has 1 saturated carbocycles. The van der Waals surface area contributed by atoms with Gasteiger partial charge in [-0.05, 0) is 59.7 Å². The van der Waals surface area contributed by atoms with E-state index in [-0.39, 0.29) is 12.2 Å². The van der Waals surface area contributed by atoms with E-state index < -0.39 is 17.7 Å². The largest absolute Gasteiger partial charge is 0.422 e. The summed E-state index contributed by atoms with van der Waals surface area (Å²) in [6.45, 7) is 0. The van der Waals surface area contributed by atoms with Crippen LogP contribution in [0, 0.1) is 3.57 Å². The molecule has 2 fully saturated rings. The van der Waals surface area contributed by atoms with Crippen molar-refractivity contribution >= 4 is 40.3 Å². The first kappa shape index (κ1) is 19.5. The second-order valence-electron chi connectivity index (χ2n) is 6.44. The zero-order valence-electron chi connectivity index (χ0n) is 14.7. The molecule has 0 amide bonds. The number of rotatable bonds is 2. The summed E-state index contributed by atoms with van der Waals surface area (Å²) in [5.41, 5.74) is 1.47. The smallest absolute Gasteiger partial charge is 0.320 e. The Morgan fingerprint density at radius 2 is 1.33 bits per heavy atom. The van der Waals surface area contributed by atoms with Crippen molar-refractivity contribution in [1.29, 1.82) is 0 Å². The van der Waals surface area contributed by atoms with Gasteiger partial charge < -0.3 is 9.47 Å². The number of esters is 2. The fraction of sp³-hybridized carbons (Fsp3) is 0.286. The van der Waals surface area contributed by atoms with Gasteiger partial charge in [0.25, 0.3) is 5.79 Å². The zero-order chi connectivity index (χ0) is 19.3. The lowest BCUT2D eigenvalue weighted by Crippen LogP contribution is -2.42. The van der Waals surface area contributed by atoms with E-state index in [1.54, 1.807) is 0 Å². The SMILES string of the molecule is O=C(c1ccccc1)c1ccc(I)cc1.O=C1CC(=O)OC2(CCCC2)O1. The highest BCUT2D eigenvalue weighted by Gasteiger charge is 2.45. The fourth-order valence-electron chi connectivity index (χ4n) is 3.10. The minimum absolute atomic E-state index is 0.0759. The summed E-state index contributed by atoms with van der Waals surface area (Å²) < 4.78 is 11.2. The number of carbonyl (C=O) groups excluding carboxylic acids is 3. The van der Waals surface area contributed by atoms with Crippen LogP contribution in [0.5, 0.6) is 0 Å². The predicted molar refractivity (Wildman–Crippen MR) is 107 cm³/mol. The van der Waals surface area contributed by atoms with E-state index in [4.69, 9.17) is 9.47 Å². The molecule has 0 atom stereocenters. The Morgan fingerprint density at radius 3 is 1.89 bits per heavy atom. The molecule has 0 aromatic heterocycles. The molecule has 2 aliphatic rings. The van der Waals surface area contributed by atoms with Crippen molar-refractivity contribution in [3.05, 3.63) is 69.3 Å². The summed E-state index contributed by atoms with van der Waals surface area (Å²) in [5.74, 6) is -1.71. The van der Waals surface area contributed by atoms with Gasteiger partial charge in [0.15, 0.2) is 5.78 Å². The van der Waals surface area contributed by atoms with Crippen LogP contribution in [0.25, 0.3) is 0 Å². The second-order valence-corrected chi connectivity index (χ2v) is 7.69. The molecule has 5 nitrogen and oxygen atoms in total. The summed E-state index contributed by atoms with van der Waals surface area (Å²) in [6, 6.07) is 16.9. The third kappa shape index (κ3) is 5.15. The molecule has 4 rings (SSSR count). The molecule has 2 aromatic rings. The molecule has 2 aromatic carbocycles. The van der Waals surface area contributed by atoms with E-state index in [2.05, 4.69) is 22.6 Å². The summed E-state index contributed by atoms with van der Waals surface area (Å²) >= 11 is 2.22. The number of benzene rings is 2. The van der Waals surface area contributed by atoms with Crippen molar-refractivity contribution < 1.29 is 23.9 Å².